The molecule has 1 aliphatic rings. The summed E-state index contributed by atoms with van der Waals surface area (Å²) in [7, 11) is 3.68. The molecule has 0 unspecified atom stereocenters. The summed E-state index contributed by atoms with van der Waals surface area (Å²) in [6.45, 7) is 8.68. The number of likely N-dealkylation sites (N-methyl/N-ethyl adjacent to an activating group) is 1. The Morgan fingerprint density at radius 3 is 2.55 bits per heavy atom. The highest BCUT2D eigenvalue weighted by Crippen LogP contribution is 2.38. The maximum Gasteiger partial charge on any atom is 0.317 e. The second-order valence-electron chi connectivity index (χ2n) is 10.8. The predicted molar refractivity (Wildman–Crippen MR) is 150 cm³/mol. The van der Waals surface area contributed by atoms with Crippen molar-refractivity contribution in [3.05, 3.63) is 59.8 Å². The van der Waals surface area contributed by atoms with Crippen LogP contribution in [0.2, 0.25) is 0 Å². The van der Waals surface area contributed by atoms with E-state index in [0.717, 1.165) is 27.6 Å². The second-order valence-corrected chi connectivity index (χ2v) is 10.8. The van der Waals surface area contributed by atoms with Crippen LogP contribution < -0.4 is 5.32 Å². The fourth-order valence-electron chi connectivity index (χ4n) is 5.24. The Bertz CT molecular complexity index is 1300. The lowest BCUT2D eigenvalue weighted by Gasteiger charge is -2.35. The van der Waals surface area contributed by atoms with Crippen molar-refractivity contribution in [1.82, 2.24) is 19.7 Å². The van der Waals surface area contributed by atoms with Crippen molar-refractivity contribution in [3.63, 3.8) is 0 Å². The summed E-state index contributed by atoms with van der Waals surface area (Å²) in [6.07, 6.45) is -0.329. The minimum absolute atomic E-state index is 0.0228. The molecule has 0 radical (unpaired) electrons. The number of benzene rings is 2. The molecular formula is C30H40N4O4. The summed E-state index contributed by atoms with van der Waals surface area (Å²) in [5, 5.41) is 14.0. The molecule has 0 fully saturated rings. The molecule has 0 spiro atoms. The molecule has 8 heteroatoms. The molecule has 0 bridgehead atoms. The van der Waals surface area contributed by atoms with E-state index < -0.39 is 6.04 Å². The summed E-state index contributed by atoms with van der Waals surface area (Å²) in [6, 6.07) is 15.5. The maximum absolute atomic E-state index is 14.3. The largest absolute Gasteiger partial charge is 0.394 e. The molecular weight excluding hydrogens is 480 g/mol. The number of amides is 3. The van der Waals surface area contributed by atoms with Crippen LogP contribution in [0.4, 0.5) is 4.79 Å². The van der Waals surface area contributed by atoms with Gasteiger partial charge < -0.3 is 29.5 Å². The van der Waals surface area contributed by atoms with Crippen LogP contribution in [-0.2, 0) is 18.4 Å². The van der Waals surface area contributed by atoms with Gasteiger partial charge in [0, 0.05) is 55.6 Å². The molecule has 3 atom stereocenters. The zero-order valence-corrected chi connectivity index (χ0v) is 23.3. The fraction of sp³-hybridized carbons (Fsp3) is 0.467. The molecule has 0 saturated carbocycles. The van der Waals surface area contributed by atoms with Crippen LogP contribution in [0.5, 0.6) is 0 Å². The minimum atomic E-state index is -0.394. The third-order valence-electron chi connectivity index (χ3n) is 7.44. The van der Waals surface area contributed by atoms with Gasteiger partial charge in [-0.15, -0.1) is 0 Å². The monoisotopic (exact) mass is 520 g/mol. The number of aromatic nitrogens is 1. The maximum atomic E-state index is 14.3. The van der Waals surface area contributed by atoms with E-state index in [4.69, 9.17) is 4.74 Å². The molecule has 0 aliphatic carbocycles. The Labute approximate surface area is 225 Å². The lowest BCUT2D eigenvalue weighted by molar-refractivity contribution is -0.0185. The third kappa shape index (κ3) is 5.42. The van der Waals surface area contributed by atoms with Crippen molar-refractivity contribution in [1.29, 1.82) is 0 Å². The van der Waals surface area contributed by atoms with Gasteiger partial charge in [-0.1, -0.05) is 49.4 Å². The number of nitrogens with one attached hydrogen (secondary N) is 1. The lowest BCUT2D eigenvalue weighted by Crippen LogP contribution is -2.49. The van der Waals surface area contributed by atoms with Gasteiger partial charge in [0.2, 0.25) is 0 Å². The highest BCUT2D eigenvalue weighted by Gasteiger charge is 2.34. The van der Waals surface area contributed by atoms with Crippen LogP contribution in [0.25, 0.3) is 22.0 Å². The smallest absolute Gasteiger partial charge is 0.317 e. The number of hydrogen-bond donors (Lipinski definition) is 2. The molecule has 4 rings (SSSR count). The van der Waals surface area contributed by atoms with E-state index in [2.05, 4.69) is 5.32 Å². The van der Waals surface area contributed by atoms with Gasteiger partial charge in [0.15, 0.2) is 0 Å². The van der Waals surface area contributed by atoms with Gasteiger partial charge in [0.25, 0.3) is 5.91 Å². The molecule has 8 nitrogen and oxygen atoms in total. The highest BCUT2D eigenvalue weighted by atomic mass is 16.5. The summed E-state index contributed by atoms with van der Waals surface area (Å²) in [5.41, 5.74) is 4.37. The van der Waals surface area contributed by atoms with Crippen molar-refractivity contribution in [2.45, 2.75) is 52.5 Å². The minimum Gasteiger partial charge on any atom is -0.394 e. The Morgan fingerprint density at radius 2 is 1.84 bits per heavy atom. The number of aliphatic hydroxyl groups is 1. The number of urea groups is 1. The van der Waals surface area contributed by atoms with E-state index in [9.17, 15) is 14.7 Å². The first-order valence-electron chi connectivity index (χ1n) is 13.3. The van der Waals surface area contributed by atoms with Crippen molar-refractivity contribution in [2.75, 3.05) is 26.7 Å². The van der Waals surface area contributed by atoms with E-state index >= 15 is 0 Å². The van der Waals surface area contributed by atoms with Gasteiger partial charge in [-0.2, -0.15) is 0 Å². The quantitative estimate of drug-likeness (QED) is 0.527. The van der Waals surface area contributed by atoms with Crippen molar-refractivity contribution < 1.29 is 19.4 Å². The average molecular weight is 521 g/mol. The number of aliphatic hydroxyl groups excluding tert-OH is 1. The zero-order chi connectivity index (χ0) is 27.6. The van der Waals surface area contributed by atoms with Crippen molar-refractivity contribution >= 4 is 22.8 Å². The molecule has 0 saturated heterocycles. The Morgan fingerprint density at radius 1 is 1.16 bits per heavy atom. The first-order valence-corrected chi connectivity index (χ1v) is 13.3. The first kappa shape index (κ1) is 27.7. The number of fused-ring (bicyclic) bond motifs is 5. The topological polar surface area (TPSA) is 87.0 Å². The summed E-state index contributed by atoms with van der Waals surface area (Å²) in [5.74, 6) is -0.237. The zero-order valence-electron chi connectivity index (χ0n) is 23.3. The predicted octanol–water partition coefficient (Wildman–Crippen LogP) is 4.25. The van der Waals surface area contributed by atoms with Gasteiger partial charge >= 0.3 is 6.03 Å². The van der Waals surface area contributed by atoms with Gasteiger partial charge in [-0.25, -0.2) is 4.79 Å². The number of nitrogens with zero attached hydrogens (tertiary/aromatic N) is 3. The number of carbonyl (C=O) groups excluding carboxylic acids is 2. The number of aryl methyl sites for hydroxylation is 1. The van der Waals surface area contributed by atoms with E-state index in [1.54, 1.807) is 16.8 Å². The Balaban J connectivity index is 1.84. The van der Waals surface area contributed by atoms with Gasteiger partial charge in [-0.05, 0) is 38.0 Å². The number of carbonyl (C=O) groups is 2. The molecule has 2 aromatic carbocycles. The van der Waals surface area contributed by atoms with Crippen LogP contribution in [-0.4, -0.2) is 76.3 Å². The summed E-state index contributed by atoms with van der Waals surface area (Å²) in [4.78, 5) is 30.4. The first-order chi connectivity index (χ1) is 18.1. The second kappa shape index (κ2) is 11.6. The van der Waals surface area contributed by atoms with Crippen molar-refractivity contribution in [3.8, 4) is 11.1 Å². The number of hydrogen-bond acceptors (Lipinski definition) is 4. The van der Waals surface area contributed by atoms with E-state index in [1.807, 2.05) is 87.8 Å². The number of rotatable bonds is 5. The van der Waals surface area contributed by atoms with Gasteiger partial charge in [0.05, 0.1) is 25.4 Å². The van der Waals surface area contributed by atoms with Crippen LogP contribution >= 0.6 is 0 Å². The van der Waals surface area contributed by atoms with Crippen LogP contribution in [0.1, 0.15) is 43.7 Å². The SMILES string of the molecule is CC(C)NC(=O)N(C)C[C@@H]1OCc2ccccc2-c2c(n(C)c3ccccc23)C(=O)N([C@H](C)CO)C[C@@H]1C. The molecule has 2 heterocycles. The molecule has 38 heavy (non-hydrogen) atoms. The van der Waals surface area contributed by atoms with E-state index in [0.29, 0.717) is 25.4 Å². The molecule has 2 N–H and O–H groups in total. The Kier molecular flexibility index (Phi) is 8.43. The normalized spacial score (nSPS) is 19.1. The van der Waals surface area contributed by atoms with E-state index in [1.165, 1.54) is 0 Å². The fourth-order valence-corrected chi connectivity index (χ4v) is 5.24. The Hall–Kier alpha value is -3.36. The van der Waals surface area contributed by atoms with Crippen molar-refractivity contribution in [2.24, 2.45) is 13.0 Å². The average Bonchev–Trinajstić information content (AvgIpc) is 3.19. The number of para-hydroxylation sites is 1. The number of ether oxygens (including phenoxy) is 1. The molecule has 3 aromatic rings. The summed E-state index contributed by atoms with van der Waals surface area (Å²) < 4.78 is 8.50. The van der Waals surface area contributed by atoms with Gasteiger partial charge in [0.1, 0.15) is 5.69 Å². The van der Waals surface area contributed by atoms with Crippen LogP contribution in [0.15, 0.2) is 48.5 Å². The van der Waals surface area contributed by atoms with Crippen LogP contribution in [0.3, 0.4) is 0 Å². The summed E-state index contributed by atoms with van der Waals surface area (Å²) >= 11 is 0. The molecule has 204 valence electrons. The molecule has 1 aliphatic heterocycles. The molecule has 1 aromatic heterocycles. The van der Waals surface area contributed by atoms with Crippen LogP contribution in [0, 0.1) is 5.92 Å². The highest BCUT2D eigenvalue weighted by molar-refractivity contribution is 6.10. The lowest BCUT2D eigenvalue weighted by atomic mass is 9.96. The van der Waals surface area contributed by atoms with E-state index in [-0.39, 0.29) is 36.6 Å². The standard InChI is InChI=1S/C30H40N4O4/c1-19(2)31-30(37)32(5)16-26-20(3)15-34(21(4)17-35)29(36)28-27(23-12-8-7-11-22(23)18-38-26)24-13-9-10-14-25(24)33(28)6/h7-14,19-21,26,35H,15-18H2,1-6H3,(H,31,37)/t20-,21+,26-/m0/s1. The van der Waals surface area contributed by atoms with Gasteiger partial charge in [-0.3, -0.25) is 4.79 Å². The molecule has 3 amide bonds. The third-order valence-corrected chi connectivity index (χ3v) is 7.44.